The van der Waals surface area contributed by atoms with Crippen LogP contribution in [0, 0.1) is 0 Å². The molecule has 106 valence electrons. The minimum absolute atomic E-state index is 0.178. The molecule has 0 radical (unpaired) electrons. The Kier molecular flexibility index (Phi) is 4.05. The maximum atomic E-state index is 11.4. The van der Waals surface area contributed by atoms with Crippen LogP contribution in [0.5, 0.6) is 11.5 Å². The van der Waals surface area contributed by atoms with Gasteiger partial charge in [0.1, 0.15) is 11.5 Å². The topological polar surface area (TPSA) is 79.4 Å². The quantitative estimate of drug-likeness (QED) is 0.894. The Morgan fingerprint density at radius 2 is 1.95 bits per heavy atom. The lowest BCUT2D eigenvalue weighted by atomic mass is 10.0. The van der Waals surface area contributed by atoms with Gasteiger partial charge in [0.15, 0.2) is 0 Å². The lowest BCUT2D eigenvalue weighted by Crippen LogP contribution is -2.23. The number of benzene rings is 1. The highest BCUT2D eigenvalue weighted by atomic mass is 16.5. The second kappa shape index (κ2) is 5.75. The standard InChI is InChI=1S/C14H17N3O3/c1-17-13(18)7-6-11(16-17)14(15)10-5-4-9(19-2)8-12(10)20-3/h4-8,14H,15H2,1-3H3. The van der Waals surface area contributed by atoms with Gasteiger partial charge in [-0.05, 0) is 18.2 Å². The van der Waals surface area contributed by atoms with Gasteiger partial charge >= 0.3 is 0 Å². The first-order chi connectivity index (χ1) is 9.56. The number of methoxy groups -OCH3 is 2. The molecule has 0 aliphatic carbocycles. The zero-order valence-corrected chi connectivity index (χ0v) is 11.7. The third-order valence-electron chi connectivity index (χ3n) is 3.08. The third-order valence-corrected chi connectivity index (χ3v) is 3.08. The summed E-state index contributed by atoms with van der Waals surface area (Å²) < 4.78 is 11.7. The average molecular weight is 275 g/mol. The van der Waals surface area contributed by atoms with Crippen molar-refractivity contribution in [2.45, 2.75) is 6.04 Å². The van der Waals surface area contributed by atoms with Crippen LogP contribution >= 0.6 is 0 Å². The average Bonchev–Trinajstić information content (AvgIpc) is 2.48. The van der Waals surface area contributed by atoms with Gasteiger partial charge in [-0.2, -0.15) is 5.10 Å². The van der Waals surface area contributed by atoms with Crippen molar-refractivity contribution >= 4 is 0 Å². The van der Waals surface area contributed by atoms with E-state index in [1.54, 1.807) is 39.5 Å². The first-order valence-electron chi connectivity index (χ1n) is 6.08. The van der Waals surface area contributed by atoms with Gasteiger partial charge in [-0.1, -0.05) is 0 Å². The zero-order chi connectivity index (χ0) is 14.7. The fourth-order valence-corrected chi connectivity index (χ4v) is 1.92. The van der Waals surface area contributed by atoms with Crippen molar-refractivity contribution < 1.29 is 9.47 Å². The van der Waals surface area contributed by atoms with Crippen molar-refractivity contribution in [3.63, 3.8) is 0 Å². The normalized spacial score (nSPS) is 12.0. The second-order valence-electron chi connectivity index (χ2n) is 4.31. The molecular formula is C14H17N3O3. The first kappa shape index (κ1) is 14.1. The Morgan fingerprint density at radius 1 is 1.20 bits per heavy atom. The molecular weight excluding hydrogens is 258 g/mol. The molecule has 0 fully saturated rings. The number of nitrogens with zero attached hydrogens (tertiary/aromatic N) is 2. The van der Waals surface area contributed by atoms with Crippen molar-refractivity contribution in [2.75, 3.05) is 14.2 Å². The second-order valence-corrected chi connectivity index (χ2v) is 4.31. The molecule has 6 heteroatoms. The van der Waals surface area contributed by atoms with Gasteiger partial charge < -0.3 is 15.2 Å². The van der Waals surface area contributed by atoms with E-state index in [4.69, 9.17) is 15.2 Å². The predicted molar refractivity (Wildman–Crippen MR) is 75.1 cm³/mol. The van der Waals surface area contributed by atoms with Crippen LogP contribution in [0.15, 0.2) is 35.1 Å². The molecule has 1 atom stereocenters. The van der Waals surface area contributed by atoms with E-state index in [9.17, 15) is 4.79 Å². The predicted octanol–water partition coefficient (Wildman–Crippen LogP) is 0.846. The van der Waals surface area contributed by atoms with Crippen molar-refractivity contribution in [3.8, 4) is 11.5 Å². The zero-order valence-electron chi connectivity index (χ0n) is 11.7. The Morgan fingerprint density at radius 3 is 2.55 bits per heavy atom. The Labute approximate surface area is 116 Å². The smallest absolute Gasteiger partial charge is 0.266 e. The van der Waals surface area contributed by atoms with Gasteiger partial charge in [0, 0.05) is 24.7 Å². The summed E-state index contributed by atoms with van der Waals surface area (Å²) in [7, 11) is 4.74. The molecule has 0 aliphatic rings. The lowest BCUT2D eigenvalue weighted by Gasteiger charge is -2.16. The Balaban J connectivity index is 2.44. The summed E-state index contributed by atoms with van der Waals surface area (Å²) in [4.78, 5) is 11.4. The maximum absolute atomic E-state index is 11.4. The summed E-state index contributed by atoms with van der Waals surface area (Å²) in [5, 5.41) is 4.16. The Hall–Kier alpha value is -2.34. The van der Waals surface area contributed by atoms with E-state index in [2.05, 4.69) is 5.10 Å². The summed E-state index contributed by atoms with van der Waals surface area (Å²) in [6.45, 7) is 0. The molecule has 0 bridgehead atoms. The van der Waals surface area contributed by atoms with E-state index in [1.807, 2.05) is 6.07 Å². The molecule has 1 aromatic carbocycles. The van der Waals surface area contributed by atoms with E-state index in [-0.39, 0.29) is 5.56 Å². The fourth-order valence-electron chi connectivity index (χ4n) is 1.92. The van der Waals surface area contributed by atoms with Crippen LogP contribution in [0.3, 0.4) is 0 Å². The van der Waals surface area contributed by atoms with Gasteiger partial charge in [0.05, 0.1) is 26.0 Å². The number of hydrogen-bond acceptors (Lipinski definition) is 5. The highest BCUT2D eigenvalue weighted by Gasteiger charge is 2.16. The summed E-state index contributed by atoms with van der Waals surface area (Å²) in [5.41, 5.74) is 7.40. The van der Waals surface area contributed by atoms with Crippen molar-refractivity contribution in [1.82, 2.24) is 9.78 Å². The highest BCUT2D eigenvalue weighted by Crippen LogP contribution is 2.30. The van der Waals surface area contributed by atoms with Crippen LogP contribution < -0.4 is 20.8 Å². The van der Waals surface area contributed by atoms with Gasteiger partial charge in [-0.3, -0.25) is 4.79 Å². The van der Waals surface area contributed by atoms with Crippen molar-refractivity contribution in [1.29, 1.82) is 0 Å². The summed E-state index contributed by atoms with van der Waals surface area (Å²) in [6.07, 6.45) is 0. The third kappa shape index (κ3) is 2.65. The monoisotopic (exact) mass is 275 g/mol. The van der Waals surface area contributed by atoms with Crippen molar-refractivity contribution in [2.24, 2.45) is 12.8 Å². The molecule has 2 aromatic rings. The maximum Gasteiger partial charge on any atom is 0.266 e. The molecule has 0 spiro atoms. The van der Waals surface area contributed by atoms with Crippen LogP contribution in [-0.4, -0.2) is 24.0 Å². The summed E-state index contributed by atoms with van der Waals surface area (Å²) >= 11 is 0. The van der Waals surface area contributed by atoms with Crippen LogP contribution in [-0.2, 0) is 7.05 Å². The van der Waals surface area contributed by atoms with E-state index in [0.717, 1.165) is 5.56 Å². The van der Waals surface area contributed by atoms with Gasteiger partial charge in [-0.15, -0.1) is 0 Å². The number of hydrogen-bond donors (Lipinski definition) is 1. The SMILES string of the molecule is COc1ccc(C(N)c2ccc(=O)n(C)n2)c(OC)c1. The summed E-state index contributed by atoms with van der Waals surface area (Å²) in [6, 6.07) is 7.98. The molecule has 1 heterocycles. The minimum atomic E-state index is -0.484. The van der Waals surface area contributed by atoms with E-state index >= 15 is 0 Å². The largest absolute Gasteiger partial charge is 0.497 e. The van der Waals surface area contributed by atoms with Crippen LogP contribution in [0.4, 0.5) is 0 Å². The molecule has 20 heavy (non-hydrogen) atoms. The summed E-state index contributed by atoms with van der Waals surface area (Å²) in [5.74, 6) is 1.30. The van der Waals surface area contributed by atoms with E-state index < -0.39 is 6.04 Å². The molecule has 1 unspecified atom stereocenters. The van der Waals surface area contributed by atoms with Gasteiger partial charge in [0.25, 0.3) is 5.56 Å². The molecule has 0 saturated heterocycles. The highest BCUT2D eigenvalue weighted by molar-refractivity contribution is 5.44. The van der Waals surface area contributed by atoms with Crippen LogP contribution in [0.1, 0.15) is 17.3 Å². The number of aromatic nitrogens is 2. The fraction of sp³-hybridized carbons (Fsp3) is 0.286. The van der Waals surface area contributed by atoms with E-state index in [0.29, 0.717) is 17.2 Å². The van der Waals surface area contributed by atoms with Crippen molar-refractivity contribution in [3.05, 3.63) is 51.9 Å². The lowest BCUT2D eigenvalue weighted by molar-refractivity contribution is 0.389. The molecule has 0 saturated carbocycles. The number of aryl methyl sites for hydroxylation is 1. The number of ether oxygens (including phenoxy) is 2. The molecule has 1 aromatic heterocycles. The molecule has 2 rings (SSSR count). The first-order valence-corrected chi connectivity index (χ1v) is 6.08. The van der Waals surface area contributed by atoms with Gasteiger partial charge in [-0.25, -0.2) is 4.68 Å². The van der Waals surface area contributed by atoms with Crippen LogP contribution in [0.2, 0.25) is 0 Å². The Bertz CT molecular complexity index is 667. The number of rotatable bonds is 4. The molecule has 0 amide bonds. The molecule has 0 aliphatic heterocycles. The van der Waals surface area contributed by atoms with Crippen LogP contribution in [0.25, 0.3) is 0 Å². The van der Waals surface area contributed by atoms with Gasteiger partial charge in [0.2, 0.25) is 0 Å². The van der Waals surface area contributed by atoms with E-state index in [1.165, 1.54) is 10.7 Å². The molecule has 2 N–H and O–H groups in total. The minimum Gasteiger partial charge on any atom is -0.497 e. The molecule has 6 nitrogen and oxygen atoms in total. The number of nitrogens with two attached hydrogens (primary N) is 1.